The molecule has 0 atom stereocenters. The zero-order valence-electron chi connectivity index (χ0n) is 20.3. The van der Waals surface area contributed by atoms with Crippen molar-refractivity contribution in [3.63, 3.8) is 0 Å². The Morgan fingerprint density at radius 2 is 1.83 bits per heavy atom. The lowest BCUT2D eigenvalue weighted by atomic mass is 9.97. The van der Waals surface area contributed by atoms with Crippen LogP contribution in [-0.2, 0) is 4.79 Å². The second-order valence-electron chi connectivity index (χ2n) is 8.84. The smallest absolute Gasteiger partial charge is 0.246 e. The summed E-state index contributed by atoms with van der Waals surface area (Å²) >= 11 is 1.74. The highest BCUT2D eigenvalue weighted by Crippen LogP contribution is 2.34. The molecule has 1 amide bonds. The molecule has 0 aliphatic carbocycles. The molecule has 6 nitrogen and oxygen atoms in total. The molecule has 0 radical (unpaired) electrons. The Labute approximate surface area is 210 Å². The van der Waals surface area contributed by atoms with Gasteiger partial charge in [-0.3, -0.25) is 4.79 Å². The Hall–Kier alpha value is -3.32. The summed E-state index contributed by atoms with van der Waals surface area (Å²) in [6, 6.07) is 14.4. The van der Waals surface area contributed by atoms with Crippen LogP contribution in [0.2, 0.25) is 0 Å². The molecule has 0 N–H and O–H groups in total. The molecule has 5 rings (SSSR count). The van der Waals surface area contributed by atoms with Gasteiger partial charge >= 0.3 is 0 Å². The third kappa shape index (κ3) is 5.20. The van der Waals surface area contributed by atoms with Gasteiger partial charge in [0.25, 0.3) is 0 Å². The molecular formula is C28H31N3O3S. The molecule has 0 unspecified atom stereocenters. The highest BCUT2D eigenvalue weighted by atomic mass is 32.1. The fraction of sp³-hybridized carbons (Fsp3) is 0.357. The first-order chi connectivity index (χ1) is 17.1. The van der Waals surface area contributed by atoms with Crippen LogP contribution in [0.4, 0.5) is 5.69 Å². The third-order valence-corrected chi connectivity index (χ3v) is 7.79. The van der Waals surface area contributed by atoms with Crippen LogP contribution in [0.25, 0.3) is 17.3 Å². The Kier molecular flexibility index (Phi) is 7.04. The van der Waals surface area contributed by atoms with Crippen molar-refractivity contribution in [2.45, 2.75) is 32.6 Å². The van der Waals surface area contributed by atoms with Crippen LogP contribution in [0.5, 0.6) is 11.5 Å². The molecule has 2 aliphatic rings. The molecule has 7 heteroatoms. The molecule has 1 aromatic heterocycles. The van der Waals surface area contributed by atoms with Crippen molar-refractivity contribution in [3.05, 3.63) is 64.5 Å². The Balaban J connectivity index is 1.16. The molecule has 0 saturated carbocycles. The molecule has 3 heterocycles. The predicted molar refractivity (Wildman–Crippen MR) is 141 cm³/mol. The third-order valence-electron chi connectivity index (χ3n) is 6.78. The van der Waals surface area contributed by atoms with Crippen LogP contribution >= 0.6 is 11.3 Å². The van der Waals surface area contributed by atoms with Gasteiger partial charge in [-0.2, -0.15) is 0 Å². The number of aromatic nitrogens is 1. The predicted octanol–water partition coefficient (Wildman–Crippen LogP) is 5.80. The van der Waals surface area contributed by atoms with Crippen molar-refractivity contribution >= 4 is 29.0 Å². The minimum Gasteiger partial charge on any atom is -0.454 e. The number of hydrogen-bond donors (Lipinski definition) is 0. The van der Waals surface area contributed by atoms with Gasteiger partial charge in [0.05, 0.1) is 10.7 Å². The summed E-state index contributed by atoms with van der Waals surface area (Å²) in [6.45, 7) is 8.13. The van der Waals surface area contributed by atoms with Gasteiger partial charge in [-0.15, -0.1) is 11.3 Å². The molecule has 182 valence electrons. The normalized spacial score (nSPS) is 15.7. The lowest BCUT2D eigenvalue weighted by Gasteiger charge is -2.30. The molecular weight excluding hydrogens is 458 g/mol. The molecule has 3 aromatic rings. The Bertz CT molecular complexity index is 1190. The van der Waals surface area contributed by atoms with E-state index < -0.39 is 0 Å². The largest absolute Gasteiger partial charge is 0.454 e. The van der Waals surface area contributed by atoms with Gasteiger partial charge in [0, 0.05) is 54.8 Å². The first-order valence-electron chi connectivity index (χ1n) is 12.3. The summed E-state index contributed by atoms with van der Waals surface area (Å²) in [7, 11) is 0. The first-order valence-corrected chi connectivity index (χ1v) is 13.2. The van der Waals surface area contributed by atoms with Crippen molar-refractivity contribution in [2.75, 3.05) is 37.9 Å². The zero-order chi connectivity index (χ0) is 24.2. The van der Waals surface area contributed by atoms with Crippen LogP contribution in [0, 0.1) is 0 Å². The summed E-state index contributed by atoms with van der Waals surface area (Å²) < 4.78 is 10.8. The molecule has 1 fully saturated rings. The van der Waals surface area contributed by atoms with Crippen LogP contribution in [0.1, 0.15) is 43.2 Å². The van der Waals surface area contributed by atoms with Gasteiger partial charge < -0.3 is 19.3 Å². The van der Waals surface area contributed by atoms with Gasteiger partial charge in [-0.25, -0.2) is 4.98 Å². The maximum Gasteiger partial charge on any atom is 0.246 e. The van der Waals surface area contributed by atoms with Crippen LogP contribution < -0.4 is 14.4 Å². The van der Waals surface area contributed by atoms with Crippen LogP contribution in [-0.4, -0.2) is 48.8 Å². The van der Waals surface area contributed by atoms with Crippen LogP contribution in [0.3, 0.4) is 0 Å². The van der Waals surface area contributed by atoms with Gasteiger partial charge in [-0.05, 0) is 62.6 Å². The van der Waals surface area contributed by atoms with E-state index in [4.69, 9.17) is 14.5 Å². The minimum atomic E-state index is 0.0502. The van der Waals surface area contributed by atoms with Crippen molar-refractivity contribution in [2.24, 2.45) is 0 Å². The number of carbonyl (C=O) groups excluding carboxylic acids is 1. The number of thiazole rings is 1. The van der Waals surface area contributed by atoms with Gasteiger partial charge in [0.1, 0.15) is 0 Å². The fourth-order valence-electron chi connectivity index (χ4n) is 4.68. The molecule has 1 saturated heterocycles. The van der Waals surface area contributed by atoms with Crippen molar-refractivity contribution < 1.29 is 14.3 Å². The topological polar surface area (TPSA) is 54.9 Å². The molecule has 2 aliphatic heterocycles. The molecule has 0 bridgehead atoms. The van der Waals surface area contributed by atoms with Gasteiger partial charge in [-0.1, -0.05) is 18.2 Å². The second-order valence-corrected chi connectivity index (χ2v) is 9.73. The maximum absolute atomic E-state index is 12.7. The number of anilines is 1. The number of likely N-dealkylation sites (tertiary alicyclic amines) is 1. The van der Waals surface area contributed by atoms with E-state index in [9.17, 15) is 4.79 Å². The van der Waals surface area contributed by atoms with E-state index in [-0.39, 0.29) is 12.7 Å². The average Bonchev–Trinajstić information content (AvgIpc) is 3.58. The van der Waals surface area contributed by atoms with E-state index in [1.54, 1.807) is 17.4 Å². The summed E-state index contributed by atoms with van der Waals surface area (Å²) in [5.41, 5.74) is 4.38. The maximum atomic E-state index is 12.7. The first kappa shape index (κ1) is 23.4. The number of carbonyl (C=O) groups is 1. The lowest BCUT2D eigenvalue weighted by Crippen LogP contribution is -2.36. The number of rotatable bonds is 7. The molecule has 0 spiro atoms. The van der Waals surface area contributed by atoms with Crippen LogP contribution in [0.15, 0.2) is 53.9 Å². The molecule has 2 aromatic carbocycles. The SMILES string of the molecule is CCN(CC)c1ccc(-c2csc(C3CCN(C(=O)/C=C/c4ccc5c(c4)OCO5)CC3)n2)cc1. The summed E-state index contributed by atoms with van der Waals surface area (Å²) in [6.07, 6.45) is 5.38. The van der Waals surface area contributed by atoms with E-state index in [1.807, 2.05) is 29.2 Å². The minimum absolute atomic E-state index is 0.0502. The van der Waals surface area contributed by atoms with Gasteiger partial charge in [0.2, 0.25) is 12.7 Å². The van der Waals surface area contributed by atoms with Gasteiger partial charge in [0.15, 0.2) is 11.5 Å². The summed E-state index contributed by atoms with van der Waals surface area (Å²) in [4.78, 5) is 22.0. The van der Waals surface area contributed by atoms with E-state index in [2.05, 4.69) is 48.4 Å². The number of piperidine rings is 1. The standard InChI is InChI=1S/C28H31N3O3S/c1-3-30(4-2)23-9-7-21(8-10-23)24-18-35-28(29-24)22-13-15-31(16-14-22)27(32)12-6-20-5-11-25-26(17-20)34-19-33-25/h5-12,17-18,22H,3-4,13-16,19H2,1-2H3/b12-6+. The van der Waals surface area contributed by atoms with E-state index >= 15 is 0 Å². The fourth-order valence-corrected chi connectivity index (χ4v) is 5.68. The van der Waals surface area contributed by atoms with E-state index in [0.717, 1.165) is 67.3 Å². The molecule has 35 heavy (non-hydrogen) atoms. The van der Waals surface area contributed by atoms with Crippen molar-refractivity contribution in [3.8, 4) is 22.8 Å². The monoisotopic (exact) mass is 489 g/mol. The number of amides is 1. The zero-order valence-corrected chi connectivity index (χ0v) is 21.1. The summed E-state index contributed by atoms with van der Waals surface area (Å²) in [5, 5.41) is 3.34. The highest BCUT2D eigenvalue weighted by molar-refractivity contribution is 7.10. The Morgan fingerprint density at radius 1 is 1.09 bits per heavy atom. The highest BCUT2D eigenvalue weighted by Gasteiger charge is 2.25. The average molecular weight is 490 g/mol. The number of benzene rings is 2. The number of hydrogen-bond acceptors (Lipinski definition) is 6. The number of ether oxygens (including phenoxy) is 2. The second kappa shape index (κ2) is 10.5. The lowest BCUT2D eigenvalue weighted by molar-refractivity contribution is -0.126. The summed E-state index contributed by atoms with van der Waals surface area (Å²) in [5.74, 6) is 1.93. The number of fused-ring (bicyclic) bond motifs is 1. The van der Waals surface area contributed by atoms with Crippen molar-refractivity contribution in [1.82, 2.24) is 9.88 Å². The number of nitrogens with zero attached hydrogens (tertiary/aromatic N) is 3. The van der Waals surface area contributed by atoms with Crippen molar-refractivity contribution in [1.29, 1.82) is 0 Å². The quantitative estimate of drug-likeness (QED) is 0.392. The Morgan fingerprint density at radius 3 is 2.57 bits per heavy atom. The van der Waals surface area contributed by atoms with E-state index in [1.165, 1.54) is 10.7 Å². The van der Waals surface area contributed by atoms with E-state index in [0.29, 0.717) is 5.92 Å².